The van der Waals surface area contributed by atoms with Crippen LogP contribution in [-0.2, 0) is 24.5 Å². The van der Waals surface area contributed by atoms with Crippen molar-refractivity contribution in [2.45, 2.75) is 40.0 Å². The van der Waals surface area contributed by atoms with Crippen LogP contribution in [0.3, 0.4) is 0 Å². The maximum absolute atomic E-state index is 12.6. The second kappa shape index (κ2) is 6.95. The van der Waals surface area contributed by atoms with E-state index in [0.29, 0.717) is 28.3 Å². The Labute approximate surface area is 141 Å². The van der Waals surface area contributed by atoms with Gasteiger partial charge in [-0.2, -0.15) is 0 Å². The van der Waals surface area contributed by atoms with Gasteiger partial charge in [0.1, 0.15) is 5.76 Å². The Bertz CT molecular complexity index is 657. The van der Waals surface area contributed by atoms with E-state index in [-0.39, 0.29) is 13.2 Å². The number of ether oxygens (including phenoxy) is 2. The number of esters is 2. The molecule has 1 aliphatic heterocycles. The lowest BCUT2D eigenvalue weighted by Gasteiger charge is -2.37. The van der Waals surface area contributed by atoms with Gasteiger partial charge in [0.2, 0.25) is 0 Å². The van der Waals surface area contributed by atoms with Gasteiger partial charge < -0.3 is 19.2 Å². The van der Waals surface area contributed by atoms with Crippen LogP contribution < -0.4 is 5.32 Å². The smallest absolute Gasteiger partial charge is 0.337 e. The lowest BCUT2D eigenvalue weighted by molar-refractivity contribution is -0.140. The molecule has 1 aromatic heterocycles. The summed E-state index contributed by atoms with van der Waals surface area (Å²) in [7, 11) is 0. The molecular weight excluding hydrogens is 310 g/mol. The quantitative estimate of drug-likeness (QED) is 0.835. The van der Waals surface area contributed by atoms with Crippen molar-refractivity contribution in [2.24, 2.45) is 0 Å². The molecule has 0 bridgehead atoms. The monoisotopic (exact) mass is 333 g/mol. The van der Waals surface area contributed by atoms with E-state index in [1.54, 1.807) is 46.8 Å². The Morgan fingerprint density at radius 1 is 1.08 bits per heavy atom. The number of carbonyl (C=O) groups is 2. The van der Waals surface area contributed by atoms with Gasteiger partial charge in [-0.15, -0.1) is 0 Å². The van der Waals surface area contributed by atoms with E-state index in [1.165, 1.54) is 6.26 Å². The molecule has 0 radical (unpaired) electrons. The molecule has 2 rings (SSSR count). The number of dihydropyridines is 1. The van der Waals surface area contributed by atoms with Gasteiger partial charge in [-0.1, -0.05) is 0 Å². The van der Waals surface area contributed by atoms with E-state index >= 15 is 0 Å². The second-order valence-electron chi connectivity index (χ2n) is 5.67. The highest BCUT2D eigenvalue weighted by atomic mass is 16.5. The summed E-state index contributed by atoms with van der Waals surface area (Å²) < 4.78 is 16.0. The fourth-order valence-electron chi connectivity index (χ4n) is 3.21. The standard InChI is InChI=1S/C18H23NO5/c1-6-22-16(20)14-11(3)19-12(4)15(17(21)23-7-2)18(14,5)13-9-8-10-24-13/h8-10,19H,6-7H2,1-5H3. The Kier molecular flexibility index (Phi) is 5.17. The number of rotatable bonds is 5. The van der Waals surface area contributed by atoms with E-state index in [0.717, 1.165) is 0 Å². The largest absolute Gasteiger partial charge is 0.468 e. The number of allylic oxidation sites excluding steroid dienone is 2. The summed E-state index contributed by atoms with van der Waals surface area (Å²) >= 11 is 0. The Balaban J connectivity index is 2.69. The molecule has 0 aliphatic carbocycles. The van der Waals surface area contributed by atoms with Gasteiger partial charge in [0, 0.05) is 11.4 Å². The summed E-state index contributed by atoms with van der Waals surface area (Å²) in [5, 5.41) is 3.09. The van der Waals surface area contributed by atoms with Crippen molar-refractivity contribution in [1.29, 1.82) is 0 Å². The van der Waals surface area contributed by atoms with Crippen molar-refractivity contribution >= 4 is 11.9 Å². The highest BCUT2D eigenvalue weighted by Gasteiger charge is 2.49. The third kappa shape index (κ3) is 2.84. The van der Waals surface area contributed by atoms with Crippen molar-refractivity contribution in [3.63, 3.8) is 0 Å². The van der Waals surface area contributed by atoms with Crippen LogP contribution in [0.25, 0.3) is 0 Å². The maximum atomic E-state index is 12.6. The average Bonchev–Trinajstić information content (AvgIpc) is 3.01. The highest BCUT2D eigenvalue weighted by molar-refractivity contribution is 6.01. The molecule has 0 fully saturated rings. The van der Waals surface area contributed by atoms with Crippen LogP contribution in [0.4, 0.5) is 0 Å². The van der Waals surface area contributed by atoms with Gasteiger partial charge >= 0.3 is 11.9 Å². The van der Waals surface area contributed by atoms with E-state index in [2.05, 4.69) is 5.32 Å². The number of hydrogen-bond donors (Lipinski definition) is 1. The zero-order valence-corrected chi connectivity index (χ0v) is 14.7. The summed E-state index contributed by atoms with van der Waals surface area (Å²) in [6, 6.07) is 3.46. The van der Waals surface area contributed by atoms with Crippen molar-refractivity contribution in [1.82, 2.24) is 5.32 Å². The minimum absolute atomic E-state index is 0.237. The maximum Gasteiger partial charge on any atom is 0.337 e. The topological polar surface area (TPSA) is 77.8 Å². The van der Waals surface area contributed by atoms with Crippen LogP contribution in [0.15, 0.2) is 45.4 Å². The summed E-state index contributed by atoms with van der Waals surface area (Å²) in [4.78, 5) is 25.2. The Morgan fingerprint density at radius 3 is 1.96 bits per heavy atom. The first-order valence-electron chi connectivity index (χ1n) is 7.95. The molecule has 6 nitrogen and oxygen atoms in total. The first-order valence-corrected chi connectivity index (χ1v) is 7.95. The van der Waals surface area contributed by atoms with Crippen molar-refractivity contribution in [3.05, 3.63) is 46.7 Å². The van der Waals surface area contributed by atoms with E-state index in [4.69, 9.17) is 13.9 Å². The fourth-order valence-corrected chi connectivity index (χ4v) is 3.21. The SMILES string of the molecule is CCOC(=O)C1=C(C)NC(C)=C(C(=O)OCC)C1(C)c1ccco1. The number of furan rings is 1. The Hall–Kier alpha value is -2.50. The molecule has 6 heteroatoms. The van der Waals surface area contributed by atoms with Gasteiger partial charge in [0.25, 0.3) is 0 Å². The fraction of sp³-hybridized carbons (Fsp3) is 0.444. The van der Waals surface area contributed by atoms with Crippen molar-refractivity contribution in [2.75, 3.05) is 13.2 Å². The third-order valence-electron chi connectivity index (χ3n) is 4.10. The van der Waals surface area contributed by atoms with Gasteiger partial charge in [-0.05, 0) is 46.8 Å². The highest BCUT2D eigenvalue weighted by Crippen LogP contribution is 2.45. The summed E-state index contributed by atoms with van der Waals surface area (Å²) in [6.07, 6.45) is 1.51. The average molecular weight is 333 g/mol. The summed E-state index contributed by atoms with van der Waals surface area (Å²) in [5.74, 6) is -0.500. The second-order valence-corrected chi connectivity index (χ2v) is 5.67. The molecule has 1 N–H and O–H groups in total. The molecule has 1 aromatic rings. The van der Waals surface area contributed by atoms with Gasteiger partial charge in [0.05, 0.1) is 36.0 Å². The molecule has 0 unspecified atom stereocenters. The predicted octanol–water partition coefficient (Wildman–Crippen LogP) is 2.81. The molecule has 0 aromatic carbocycles. The zero-order valence-electron chi connectivity index (χ0n) is 14.7. The van der Waals surface area contributed by atoms with Crippen LogP contribution in [-0.4, -0.2) is 25.2 Å². The zero-order chi connectivity index (χ0) is 17.9. The van der Waals surface area contributed by atoms with E-state index in [1.807, 2.05) is 0 Å². The van der Waals surface area contributed by atoms with E-state index < -0.39 is 17.4 Å². The van der Waals surface area contributed by atoms with Crippen molar-refractivity contribution in [3.8, 4) is 0 Å². The molecule has 24 heavy (non-hydrogen) atoms. The van der Waals surface area contributed by atoms with Gasteiger partial charge in [-0.25, -0.2) is 9.59 Å². The van der Waals surface area contributed by atoms with Gasteiger partial charge in [-0.3, -0.25) is 0 Å². The number of carbonyl (C=O) groups excluding carboxylic acids is 2. The lowest BCUT2D eigenvalue weighted by atomic mass is 9.70. The molecule has 130 valence electrons. The van der Waals surface area contributed by atoms with Crippen LogP contribution >= 0.6 is 0 Å². The van der Waals surface area contributed by atoms with Crippen LogP contribution in [0.2, 0.25) is 0 Å². The molecule has 0 amide bonds. The van der Waals surface area contributed by atoms with Crippen LogP contribution in [0.5, 0.6) is 0 Å². The molecule has 0 saturated carbocycles. The summed E-state index contributed by atoms with van der Waals surface area (Å²) in [6.45, 7) is 9.28. The molecule has 0 spiro atoms. The minimum Gasteiger partial charge on any atom is -0.468 e. The van der Waals surface area contributed by atoms with E-state index in [9.17, 15) is 9.59 Å². The first-order chi connectivity index (χ1) is 11.4. The predicted molar refractivity (Wildman–Crippen MR) is 87.9 cm³/mol. The number of nitrogens with one attached hydrogen (secondary N) is 1. The number of hydrogen-bond acceptors (Lipinski definition) is 6. The molecule has 1 aliphatic rings. The minimum atomic E-state index is -1.10. The molecule has 2 heterocycles. The molecular formula is C18H23NO5. The van der Waals surface area contributed by atoms with Crippen molar-refractivity contribution < 1.29 is 23.5 Å². The Morgan fingerprint density at radius 2 is 1.58 bits per heavy atom. The van der Waals surface area contributed by atoms with Crippen LogP contribution in [0.1, 0.15) is 40.4 Å². The lowest BCUT2D eigenvalue weighted by Crippen LogP contribution is -2.43. The van der Waals surface area contributed by atoms with Crippen LogP contribution in [0, 0.1) is 0 Å². The molecule has 0 atom stereocenters. The first kappa shape index (κ1) is 17.8. The van der Waals surface area contributed by atoms with Gasteiger partial charge in [0.15, 0.2) is 0 Å². The normalized spacial score (nSPS) is 16.7. The summed E-state index contributed by atoms with van der Waals surface area (Å²) in [5.41, 5.74) is 0.832. The molecule has 0 saturated heterocycles. The third-order valence-corrected chi connectivity index (χ3v) is 4.10.